The van der Waals surface area contributed by atoms with Crippen molar-refractivity contribution in [3.8, 4) is 11.1 Å². The van der Waals surface area contributed by atoms with Crippen LogP contribution in [0.5, 0.6) is 0 Å². The number of carbonyl (C=O) groups excluding carboxylic acids is 1. The maximum Gasteiger partial charge on any atom is 0.253 e. The zero-order chi connectivity index (χ0) is 18.7. The van der Waals surface area contributed by atoms with E-state index in [0.29, 0.717) is 24.6 Å². The summed E-state index contributed by atoms with van der Waals surface area (Å²) in [6, 6.07) is 16.1. The first-order valence-corrected chi connectivity index (χ1v) is 9.20. The Hall–Kier alpha value is -2.17. The second-order valence-corrected chi connectivity index (χ2v) is 7.57. The smallest absolute Gasteiger partial charge is 0.253 e. The Morgan fingerprint density at radius 2 is 1.85 bits per heavy atom. The van der Waals surface area contributed by atoms with Crippen molar-refractivity contribution >= 4 is 5.91 Å². The van der Waals surface area contributed by atoms with Gasteiger partial charge in [0.25, 0.3) is 5.91 Å². The molecular formula is C22H28N2O2. The van der Waals surface area contributed by atoms with Gasteiger partial charge in [0.1, 0.15) is 0 Å². The molecular weight excluding hydrogens is 324 g/mol. The van der Waals surface area contributed by atoms with Crippen molar-refractivity contribution in [1.29, 1.82) is 0 Å². The van der Waals surface area contributed by atoms with Crippen LogP contribution in [-0.4, -0.2) is 61.2 Å². The van der Waals surface area contributed by atoms with Crippen LogP contribution in [0.25, 0.3) is 11.1 Å². The van der Waals surface area contributed by atoms with Crippen molar-refractivity contribution in [1.82, 2.24) is 9.80 Å². The number of carbonyl (C=O) groups is 1. The fraction of sp³-hybridized carbons (Fsp3) is 0.409. The first kappa shape index (κ1) is 18.6. The zero-order valence-corrected chi connectivity index (χ0v) is 15.9. The summed E-state index contributed by atoms with van der Waals surface area (Å²) in [5.74, 6) is 0.527. The van der Waals surface area contributed by atoms with Crippen LogP contribution in [0.4, 0.5) is 0 Å². The van der Waals surface area contributed by atoms with Crippen LogP contribution in [0.1, 0.15) is 15.9 Å². The second-order valence-electron chi connectivity index (χ2n) is 7.57. The molecule has 0 aliphatic carbocycles. The Kier molecular flexibility index (Phi) is 5.74. The molecule has 1 saturated heterocycles. The highest BCUT2D eigenvalue weighted by Gasteiger charge is 2.35. The minimum absolute atomic E-state index is 0.0557. The predicted molar refractivity (Wildman–Crippen MR) is 105 cm³/mol. The maximum atomic E-state index is 13.0. The molecule has 0 unspecified atom stereocenters. The van der Waals surface area contributed by atoms with Crippen molar-refractivity contribution in [2.75, 3.05) is 40.3 Å². The van der Waals surface area contributed by atoms with Gasteiger partial charge in [0.2, 0.25) is 0 Å². The van der Waals surface area contributed by atoms with Gasteiger partial charge in [-0.25, -0.2) is 0 Å². The molecule has 0 aromatic heterocycles. The monoisotopic (exact) mass is 352 g/mol. The molecule has 4 nitrogen and oxygen atoms in total. The fourth-order valence-corrected chi connectivity index (χ4v) is 3.89. The number of aliphatic hydroxyl groups is 1. The third-order valence-electron chi connectivity index (χ3n) is 5.26. The average molecular weight is 352 g/mol. The van der Waals surface area contributed by atoms with Crippen LogP contribution in [0.2, 0.25) is 0 Å². The minimum Gasteiger partial charge on any atom is -0.396 e. The van der Waals surface area contributed by atoms with E-state index in [0.717, 1.165) is 17.7 Å². The topological polar surface area (TPSA) is 43.8 Å². The van der Waals surface area contributed by atoms with Crippen molar-refractivity contribution in [3.05, 3.63) is 59.7 Å². The Morgan fingerprint density at radius 3 is 2.54 bits per heavy atom. The molecule has 2 aromatic rings. The van der Waals surface area contributed by atoms with Crippen LogP contribution < -0.4 is 0 Å². The highest BCUT2D eigenvalue weighted by molar-refractivity contribution is 5.95. The molecule has 1 amide bonds. The van der Waals surface area contributed by atoms with Gasteiger partial charge in [-0.05, 0) is 55.8 Å². The SMILES string of the molecule is Cc1ccccc1-c1cccc(C(=O)N2C[C@@H](CN(C)C)[C@@H](CO)C2)c1. The first-order chi connectivity index (χ1) is 12.5. The molecule has 26 heavy (non-hydrogen) atoms. The quantitative estimate of drug-likeness (QED) is 0.900. The van der Waals surface area contributed by atoms with Gasteiger partial charge >= 0.3 is 0 Å². The Balaban J connectivity index is 1.81. The lowest BCUT2D eigenvalue weighted by molar-refractivity contribution is 0.0779. The number of rotatable bonds is 5. The highest BCUT2D eigenvalue weighted by atomic mass is 16.3. The molecule has 4 heteroatoms. The molecule has 1 aliphatic rings. The van der Waals surface area contributed by atoms with E-state index in [4.69, 9.17) is 0 Å². The molecule has 0 spiro atoms. The van der Waals surface area contributed by atoms with Crippen LogP contribution in [-0.2, 0) is 0 Å². The highest BCUT2D eigenvalue weighted by Crippen LogP contribution is 2.27. The van der Waals surface area contributed by atoms with Crippen molar-refractivity contribution in [3.63, 3.8) is 0 Å². The van der Waals surface area contributed by atoms with E-state index in [1.54, 1.807) is 0 Å². The fourth-order valence-electron chi connectivity index (χ4n) is 3.89. The lowest BCUT2D eigenvalue weighted by atomic mass is 9.97. The van der Waals surface area contributed by atoms with Crippen LogP contribution in [0.3, 0.4) is 0 Å². The van der Waals surface area contributed by atoms with Gasteiger partial charge in [-0.1, -0.05) is 36.4 Å². The molecule has 2 atom stereocenters. The van der Waals surface area contributed by atoms with Gasteiger partial charge in [-0.2, -0.15) is 0 Å². The van der Waals surface area contributed by atoms with Gasteiger partial charge in [-0.3, -0.25) is 4.79 Å². The third-order valence-corrected chi connectivity index (χ3v) is 5.26. The van der Waals surface area contributed by atoms with E-state index in [-0.39, 0.29) is 18.4 Å². The Morgan fingerprint density at radius 1 is 1.12 bits per heavy atom. The lowest BCUT2D eigenvalue weighted by Gasteiger charge is -2.20. The summed E-state index contributed by atoms with van der Waals surface area (Å²) in [6.45, 7) is 4.44. The predicted octanol–water partition coefficient (Wildman–Crippen LogP) is 2.90. The molecule has 1 N–H and O–H groups in total. The van der Waals surface area contributed by atoms with Crippen LogP contribution in [0, 0.1) is 18.8 Å². The summed E-state index contributed by atoms with van der Waals surface area (Å²) in [6.07, 6.45) is 0. The number of nitrogens with zero attached hydrogens (tertiary/aromatic N) is 2. The van der Waals surface area contributed by atoms with Gasteiger partial charge in [0, 0.05) is 37.7 Å². The molecule has 0 bridgehead atoms. The van der Waals surface area contributed by atoms with Gasteiger partial charge < -0.3 is 14.9 Å². The Labute approximate surface area is 156 Å². The summed E-state index contributed by atoms with van der Waals surface area (Å²) in [5, 5.41) is 9.69. The van der Waals surface area contributed by atoms with Gasteiger partial charge in [0.05, 0.1) is 0 Å². The number of aliphatic hydroxyl groups excluding tert-OH is 1. The molecule has 0 saturated carbocycles. The average Bonchev–Trinajstić information content (AvgIpc) is 3.03. The van der Waals surface area contributed by atoms with E-state index in [1.165, 1.54) is 5.56 Å². The standard InChI is InChI=1S/C22H28N2O2/c1-16-7-4-5-10-21(16)17-8-6-9-18(11-17)22(26)24-13-19(12-23(2)3)20(14-24)15-25/h4-11,19-20,25H,12-15H2,1-3H3/t19-,20-/m1/s1. The number of hydrogen-bond donors (Lipinski definition) is 1. The van der Waals surface area contributed by atoms with Crippen molar-refractivity contribution in [2.24, 2.45) is 11.8 Å². The van der Waals surface area contributed by atoms with E-state index in [1.807, 2.05) is 49.3 Å². The number of aryl methyl sites for hydroxylation is 1. The normalized spacial score (nSPS) is 20.0. The molecule has 138 valence electrons. The van der Waals surface area contributed by atoms with E-state index in [9.17, 15) is 9.90 Å². The molecule has 1 aliphatic heterocycles. The summed E-state index contributed by atoms with van der Waals surface area (Å²) in [4.78, 5) is 17.1. The van der Waals surface area contributed by atoms with Crippen LogP contribution >= 0.6 is 0 Å². The van der Waals surface area contributed by atoms with Gasteiger partial charge in [-0.15, -0.1) is 0 Å². The third kappa shape index (κ3) is 3.97. The summed E-state index contributed by atoms with van der Waals surface area (Å²) in [5.41, 5.74) is 4.14. The number of likely N-dealkylation sites (tertiary alicyclic amines) is 1. The molecule has 2 aromatic carbocycles. The van der Waals surface area contributed by atoms with E-state index >= 15 is 0 Å². The number of hydrogen-bond acceptors (Lipinski definition) is 3. The zero-order valence-electron chi connectivity index (χ0n) is 15.9. The Bertz CT molecular complexity index is 772. The van der Waals surface area contributed by atoms with Crippen molar-refractivity contribution in [2.45, 2.75) is 6.92 Å². The van der Waals surface area contributed by atoms with E-state index in [2.05, 4.69) is 30.0 Å². The van der Waals surface area contributed by atoms with Crippen molar-refractivity contribution < 1.29 is 9.90 Å². The largest absolute Gasteiger partial charge is 0.396 e. The molecule has 1 heterocycles. The van der Waals surface area contributed by atoms with Crippen LogP contribution in [0.15, 0.2) is 48.5 Å². The van der Waals surface area contributed by atoms with E-state index < -0.39 is 0 Å². The summed E-state index contributed by atoms with van der Waals surface area (Å²) >= 11 is 0. The molecule has 1 fully saturated rings. The molecule has 3 rings (SSSR count). The summed E-state index contributed by atoms with van der Waals surface area (Å²) in [7, 11) is 4.06. The maximum absolute atomic E-state index is 13.0. The lowest BCUT2D eigenvalue weighted by Crippen LogP contribution is -2.30. The first-order valence-electron chi connectivity index (χ1n) is 9.20. The minimum atomic E-state index is 0.0557. The molecule has 0 radical (unpaired) electrons. The van der Waals surface area contributed by atoms with Gasteiger partial charge in [0.15, 0.2) is 0 Å². The number of amides is 1. The summed E-state index contributed by atoms with van der Waals surface area (Å²) < 4.78 is 0. The second kappa shape index (κ2) is 8.02. The number of benzene rings is 2.